The van der Waals surface area contributed by atoms with Gasteiger partial charge in [0.2, 0.25) is 5.91 Å². The van der Waals surface area contributed by atoms with Crippen LogP contribution in [0.25, 0.3) is 0 Å². The number of hydrogen-bond acceptors (Lipinski definition) is 3. The third kappa shape index (κ3) is 4.35. The predicted molar refractivity (Wildman–Crippen MR) is 72.4 cm³/mol. The third-order valence-electron chi connectivity index (χ3n) is 3.98. The second-order valence-electron chi connectivity index (χ2n) is 5.73. The number of hydrogen-bond donors (Lipinski definition) is 2. The molecule has 1 saturated carbocycles. The van der Waals surface area contributed by atoms with E-state index in [2.05, 4.69) is 17.2 Å². The molecule has 0 radical (unpaired) electrons. The molecule has 1 aliphatic rings. The summed E-state index contributed by atoms with van der Waals surface area (Å²) in [6.07, 6.45) is 9.31. The number of nitrogens with zero attached hydrogens (tertiary/aromatic N) is 2. The van der Waals surface area contributed by atoms with Crippen LogP contribution >= 0.6 is 0 Å². The fourth-order valence-corrected chi connectivity index (χ4v) is 2.48. The largest absolute Gasteiger partial charge is 0.388 e. The Morgan fingerprint density at radius 2 is 2.26 bits per heavy atom. The van der Waals surface area contributed by atoms with Gasteiger partial charge in [-0.2, -0.15) is 0 Å². The van der Waals surface area contributed by atoms with Crippen molar-refractivity contribution in [2.75, 3.05) is 6.54 Å². The van der Waals surface area contributed by atoms with Gasteiger partial charge < -0.3 is 15.0 Å². The van der Waals surface area contributed by atoms with Gasteiger partial charge >= 0.3 is 0 Å². The Hall–Kier alpha value is -1.36. The Labute approximate surface area is 114 Å². The first-order valence-electron chi connectivity index (χ1n) is 7.02. The van der Waals surface area contributed by atoms with Crippen LogP contribution in [0.3, 0.4) is 0 Å². The van der Waals surface area contributed by atoms with Crippen LogP contribution in [0.1, 0.15) is 39.0 Å². The molecule has 0 saturated heterocycles. The van der Waals surface area contributed by atoms with Crippen molar-refractivity contribution >= 4 is 5.91 Å². The lowest BCUT2D eigenvalue weighted by atomic mass is 9.79. The fourth-order valence-electron chi connectivity index (χ4n) is 2.48. The van der Waals surface area contributed by atoms with Crippen LogP contribution < -0.4 is 5.32 Å². The second kappa shape index (κ2) is 6.19. The van der Waals surface area contributed by atoms with E-state index in [9.17, 15) is 9.90 Å². The molecule has 0 aliphatic heterocycles. The average Bonchev–Trinajstić information content (AvgIpc) is 2.91. The molecule has 1 amide bonds. The molecule has 1 fully saturated rings. The summed E-state index contributed by atoms with van der Waals surface area (Å²) in [6, 6.07) is 0. The third-order valence-corrected chi connectivity index (χ3v) is 3.98. The van der Waals surface area contributed by atoms with E-state index in [0.29, 0.717) is 25.4 Å². The number of rotatable bonds is 5. The molecule has 19 heavy (non-hydrogen) atoms. The predicted octanol–water partition coefficient (Wildman–Crippen LogP) is 1.33. The molecule has 0 unspecified atom stereocenters. The molecule has 0 aromatic carbocycles. The highest BCUT2D eigenvalue weighted by Crippen LogP contribution is 2.31. The molecule has 1 aromatic heterocycles. The molecule has 1 aliphatic carbocycles. The quantitative estimate of drug-likeness (QED) is 0.844. The molecular weight excluding hydrogens is 242 g/mol. The fraction of sp³-hybridized carbons (Fsp3) is 0.714. The minimum atomic E-state index is -0.697. The number of aryl methyl sites for hydroxylation is 1. The SMILES string of the molecule is CC1CCC(O)(CNC(=O)CCn2ccnc2)CC1. The van der Waals surface area contributed by atoms with Crippen molar-refractivity contribution in [1.82, 2.24) is 14.9 Å². The van der Waals surface area contributed by atoms with E-state index in [4.69, 9.17) is 0 Å². The van der Waals surface area contributed by atoms with E-state index in [1.54, 1.807) is 12.5 Å². The van der Waals surface area contributed by atoms with E-state index in [-0.39, 0.29) is 5.91 Å². The normalized spacial score (nSPS) is 27.2. The van der Waals surface area contributed by atoms with Gasteiger partial charge in [0, 0.05) is 31.9 Å². The number of amides is 1. The van der Waals surface area contributed by atoms with Crippen LogP contribution in [0.5, 0.6) is 0 Å². The van der Waals surface area contributed by atoms with E-state index in [1.807, 2.05) is 10.8 Å². The van der Waals surface area contributed by atoms with Crippen molar-refractivity contribution in [2.24, 2.45) is 5.92 Å². The highest BCUT2D eigenvalue weighted by molar-refractivity contribution is 5.75. The monoisotopic (exact) mass is 265 g/mol. The number of imidazole rings is 1. The molecule has 0 atom stereocenters. The zero-order valence-corrected chi connectivity index (χ0v) is 11.5. The van der Waals surface area contributed by atoms with Gasteiger partial charge in [-0.05, 0) is 31.6 Å². The average molecular weight is 265 g/mol. The summed E-state index contributed by atoms with van der Waals surface area (Å²) in [4.78, 5) is 15.7. The summed E-state index contributed by atoms with van der Waals surface area (Å²) in [7, 11) is 0. The minimum Gasteiger partial charge on any atom is -0.388 e. The van der Waals surface area contributed by atoms with Crippen LogP contribution in [0.15, 0.2) is 18.7 Å². The maximum atomic E-state index is 11.7. The van der Waals surface area contributed by atoms with E-state index < -0.39 is 5.60 Å². The summed E-state index contributed by atoms with van der Waals surface area (Å²) < 4.78 is 1.87. The molecular formula is C14H23N3O2. The van der Waals surface area contributed by atoms with Crippen molar-refractivity contribution in [3.63, 3.8) is 0 Å². The summed E-state index contributed by atoms with van der Waals surface area (Å²) >= 11 is 0. The standard InChI is InChI=1S/C14H23N3O2/c1-12-2-5-14(19,6-3-12)10-16-13(18)4-8-17-9-7-15-11-17/h7,9,11-12,19H,2-6,8,10H2,1H3,(H,16,18). The zero-order valence-electron chi connectivity index (χ0n) is 11.5. The first-order valence-corrected chi connectivity index (χ1v) is 7.02. The lowest BCUT2D eigenvalue weighted by Gasteiger charge is -2.34. The zero-order chi connectivity index (χ0) is 13.7. The number of aliphatic hydroxyl groups is 1. The Kier molecular flexibility index (Phi) is 4.58. The summed E-state index contributed by atoms with van der Waals surface area (Å²) in [5.74, 6) is 0.679. The van der Waals surface area contributed by atoms with Crippen LogP contribution in [-0.4, -0.2) is 32.7 Å². The van der Waals surface area contributed by atoms with Crippen LogP contribution in [-0.2, 0) is 11.3 Å². The van der Waals surface area contributed by atoms with Gasteiger partial charge in [0.05, 0.1) is 11.9 Å². The smallest absolute Gasteiger partial charge is 0.221 e. The topological polar surface area (TPSA) is 67.2 Å². The molecule has 1 aromatic rings. The van der Waals surface area contributed by atoms with E-state index in [0.717, 1.165) is 25.7 Å². The Balaban J connectivity index is 1.68. The lowest BCUT2D eigenvalue weighted by Crippen LogP contribution is -2.45. The molecule has 0 bridgehead atoms. The molecule has 1 heterocycles. The van der Waals surface area contributed by atoms with Crippen molar-refractivity contribution in [2.45, 2.75) is 51.2 Å². The second-order valence-corrected chi connectivity index (χ2v) is 5.73. The number of carbonyl (C=O) groups excluding carboxylic acids is 1. The maximum absolute atomic E-state index is 11.7. The van der Waals surface area contributed by atoms with Gasteiger partial charge in [-0.1, -0.05) is 6.92 Å². The van der Waals surface area contributed by atoms with Gasteiger partial charge in [-0.15, -0.1) is 0 Å². The van der Waals surface area contributed by atoms with Crippen molar-refractivity contribution in [3.05, 3.63) is 18.7 Å². The van der Waals surface area contributed by atoms with Gasteiger partial charge in [0.15, 0.2) is 0 Å². The van der Waals surface area contributed by atoms with Crippen LogP contribution in [0, 0.1) is 5.92 Å². The first-order chi connectivity index (χ1) is 9.07. The first kappa shape index (κ1) is 14.1. The summed E-state index contributed by atoms with van der Waals surface area (Å²) in [6.45, 7) is 3.22. The van der Waals surface area contributed by atoms with Crippen LogP contribution in [0.4, 0.5) is 0 Å². The summed E-state index contributed by atoms with van der Waals surface area (Å²) in [5.41, 5.74) is -0.697. The van der Waals surface area contributed by atoms with Gasteiger partial charge in [-0.3, -0.25) is 4.79 Å². The van der Waals surface area contributed by atoms with Crippen molar-refractivity contribution < 1.29 is 9.90 Å². The van der Waals surface area contributed by atoms with Gasteiger partial charge in [0.25, 0.3) is 0 Å². The lowest BCUT2D eigenvalue weighted by molar-refractivity contribution is -0.123. The Morgan fingerprint density at radius 1 is 1.53 bits per heavy atom. The molecule has 5 nitrogen and oxygen atoms in total. The number of aromatic nitrogens is 2. The highest BCUT2D eigenvalue weighted by Gasteiger charge is 2.31. The summed E-state index contributed by atoms with van der Waals surface area (Å²) in [5, 5.41) is 13.2. The van der Waals surface area contributed by atoms with Crippen molar-refractivity contribution in [3.8, 4) is 0 Å². The number of carbonyl (C=O) groups is 1. The highest BCUT2D eigenvalue weighted by atomic mass is 16.3. The molecule has 106 valence electrons. The van der Waals surface area contributed by atoms with E-state index >= 15 is 0 Å². The van der Waals surface area contributed by atoms with Crippen molar-refractivity contribution in [1.29, 1.82) is 0 Å². The van der Waals surface area contributed by atoms with Gasteiger partial charge in [-0.25, -0.2) is 4.98 Å². The van der Waals surface area contributed by atoms with E-state index in [1.165, 1.54) is 0 Å². The Bertz CT molecular complexity index is 395. The van der Waals surface area contributed by atoms with Crippen LogP contribution in [0.2, 0.25) is 0 Å². The van der Waals surface area contributed by atoms with Gasteiger partial charge in [0.1, 0.15) is 0 Å². The number of nitrogens with one attached hydrogen (secondary N) is 1. The maximum Gasteiger partial charge on any atom is 0.221 e. The molecule has 2 N–H and O–H groups in total. The minimum absolute atomic E-state index is 0.0132. The molecule has 0 spiro atoms. The Morgan fingerprint density at radius 3 is 2.89 bits per heavy atom. The molecule has 5 heteroatoms. The molecule has 2 rings (SSSR count).